The minimum absolute atomic E-state index is 0.532. The van der Waals surface area contributed by atoms with Crippen molar-refractivity contribution in [3.8, 4) is 0 Å². The summed E-state index contributed by atoms with van der Waals surface area (Å²) < 4.78 is 0. The second-order valence-electron chi connectivity index (χ2n) is 6.87. The van der Waals surface area contributed by atoms with E-state index >= 15 is 0 Å². The van der Waals surface area contributed by atoms with Gasteiger partial charge in [-0.25, -0.2) is 4.98 Å². The number of hydrogen-bond acceptors (Lipinski definition) is 3. The monoisotopic (exact) mass is 309 g/mol. The molecule has 0 radical (unpaired) electrons. The largest absolute Gasteiger partial charge is 0.340 e. The summed E-state index contributed by atoms with van der Waals surface area (Å²) in [6.45, 7) is 7.00. The highest BCUT2D eigenvalue weighted by atomic mass is 15.2. The summed E-state index contributed by atoms with van der Waals surface area (Å²) in [5.41, 5.74) is 2.43. The molecule has 3 rings (SSSR count). The fraction of sp³-hybridized carbons (Fsp3) is 0.450. The number of rotatable bonds is 5. The molecule has 0 spiro atoms. The van der Waals surface area contributed by atoms with Gasteiger partial charge in [0, 0.05) is 24.5 Å². The highest BCUT2D eigenvalue weighted by Gasteiger charge is 2.24. The van der Waals surface area contributed by atoms with Gasteiger partial charge in [0.1, 0.15) is 5.82 Å². The standard InChI is InChI=1S/C20H27N3/c1-16(2)15-23-13-7-6-10-19(23)17-11-12-20(21-14-17)22-18-8-4-3-5-9-18/h3-5,8-9,11-12,14,16,19H,6-7,10,13,15H2,1-2H3,(H,21,22)/t19-/m0/s1. The van der Waals surface area contributed by atoms with E-state index in [4.69, 9.17) is 0 Å². The summed E-state index contributed by atoms with van der Waals surface area (Å²) in [6, 6.07) is 15.1. The van der Waals surface area contributed by atoms with Crippen LogP contribution in [-0.4, -0.2) is 23.0 Å². The van der Waals surface area contributed by atoms with E-state index in [9.17, 15) is 0 Å². The van der Waals surface area contributed by atoms with Crippen molar-refractivity contribution in [2.24, 2.45) is 5.92 Å². The van der Waals surface area contributed by atoms with Crippen molar-refractivity contribution in [1.29, 1.82) is 0 Å². The lowest BCUT2D eigenvalue weighted by molar-refractivity contribution is 0.132. The Balaban J connectivity index is 1.70. The number of pyridine rings is 1. The average molecular weight is 309 g/mol. The fourth-order valence-electron chi connectivity index (χ4n) is 3.40. The third-order valence-corrected chi connectivity index (χ3v) is 4.43. The van der Waals surface area contributed by atoms with Crippen molar-refractivity contribution < 1.29 is 0 Å². The maximum atomic E-state index is 4.62. The molecule has 23 heavy (non-hydrogen) atoms. The Bertz CT molecular complexity index is 592. The number of hydrogen-bond donors (Lipinski definition) is 1. The van der Waals surface area contributed by atoms with E-state index in [1.165, 1.54) is 37.9 Å². The van der Waals surface area contributed by atoms with E-state index in [0.717, 1.165) is 11.5 Å². The van der Waals surface area contributed by atoms with Gasteiger partial charge in [-0.15, -0.1) is 0 Å². The van der Waals surface area contributed by atoms with Crippen LogP contribution in [0.5, 0.6) is 0 Å². The number of aromatic nitrogens is 1. The predicted molar refractivity (Wildman–Crippen MR) is 97.0 cm³/mol. The predicted octanol–water partition coefficient (Wildman–Crippen LogP) is 5.01. The molecule has 1 aromatic carbocycles. The van der Waals surface area contributed by atoms with Crippen molar-refractivity contribution in [2.75, 3.05) is 18.4 Å². The van der Waals surface area contributed by atoms with E-state index in [0.29, 0.717) is 12.0 Å². The summed E-state index contributed by atoms with van der Waals surface area (Å²) in [4.78, 5) is 7.26. The molecule has 1 aromatic heterocycles. The van der Waals surface area contributed by atoms with Crippen molar-refractivity contribution in [3.05, 3.63) is 54.2 Å². The number of nitrogens with one attached hydrogen (secondary N) is 1. The molecule has 2 heterocycles. The molecule has 1 fully saturated rings. The van der Waals surface area contributed by atoms with Crippen LogP contribution in [-0.2, 0) is 0 Å². The molecular weight excluding hydrogens is 282 g/mol. The zero-order valence-corrected chi connectivity index (χ0v) is 14.2. The first-order valence-electron chi connectivity index (χ1n) is 8.74. The second kappa shape index (κ2) is 7.60. The Kier molecular flexibility index (Phi) is 5.29. The van der Waals surface area contributed by atoms with E-state index in [1.54, 1.807) is 0 Å². The Morgan fingerprint density at radius 2 is 1.96 bits per heavy atom. The number of likely N-dealkylation sites (tertiary alicyclic amines) is 1. The molecule has 122 valence electrons. The number of para-hydroxylation sites is 1. The van der Waals surface area contributed by atoms with E-state index in [-0.39, 0.29) is 0 Å². The van der Waals surface area contributed by atoms with Crippen molar-refractivity contribution >= 4 is 11.5 Å². The molecule has 0 aliphatic carbocycles. The summed E-state index contributed by atoms with van der Waals surface area (Å²) in [5, 5.41) is 3.35. The van der Waals surface area contributed by atoms with Gasteiger partial charge in [-0.05, 0) is 49.1 Å². The van der Waals surface area contributed by atoms with Crippen molar-refractivity contribution in [2.45, 2.75) is 39.2 Å². The Morgan fingerprint density at radius 1 is 1.13 bits per heavy atom. The molecule has 2 aromatic rings. The van der Waals surface area contributed by atoms with Crippen LogP contribution in [0.4, 0.5) is 11.5 Å². The molecule has 0 saturated carbocycles. The maximum Gasteiger partial charge on any atom is 0.130 e. The first-order chi connectivity index (χ1) is 11.2. The summed E-state index contributed by atoms with van der Waals surface area (Å²) in [7, 11) is 0. The van der Waals surface area contributed by atoms with Gasteiger partial charge in [0.05, 0.1) is 0 Å². The molecule has 1 saturated heterocycles. The summed E-state index contributed by atoms with van der Waals surface area (Å²) in [6.07, 6.45) is 5.95. The number of benzene rings is 1. The Morgan fingerprint density at radius 3 is 2.65 bits per heavy atom. The van der Waals surface area contributed by atoms with Crippen LogP contribution in [0.3, 0.4) is 0 Å². The van der Waals surface area contributed by atoms with Gasteiger partial charge >= 0.3 is 0 Å². The number of piperidine rings is 1. The third kappa shape index (κ3) is 4.32. The van der Waals surface area contributed by atoms with Gasteiger partial charge in [0.25, 0.3) is 0 Å². The van der Waals surface area contributed by atoms with Gasteiger partial charge in [0.15, 0.2) is 0 Å². The lowest BCUT2D eigenvalue weighted by Gasteiger charge is -2.37. The van der Waals surface area contributed by atoms with Crippen molar-refractivity contribution in [1.82, 2.24) is 9.88 Å². The molecule has 0 amide bonds. The summed E-state index contributed by atoms with van der Waals surface area (Å²) in [5.74, 6) is 1.62. The quantitative estimate of drug-likeness (QED) is 0.841. The second-order valence-corrected chi connectivity index (χ2v) is 6.87. The zero-order valence-electron chi connectivity index (χ0n) is 14.2. The maximum absolute atomic E-state index is 4.62. The van der Waals surface area contributed by atoms with Crippen LogP contribution < -0.4 is 5.32 Å². The van der Waals surface area contributed by atoms with Gasteiger partial charge < -0.3 is 5.32 Å². The van der Waals surface area contributed by atoms with E-state index < -0.39 is 0 Å². The van der Waals surface area contributed by atoms with Gasteiger partial charge in [-0.1, -0.05) is 44.5 Å². The van der Waals surface area contributed by atoms with Crippen LogP contribution in [0.15, 0.2) is 48.7 Å². The number of anilines is 2. The molecule has 0 unspecified atom stereocenters. The van der Waals surface area contributed by atoms with Crippen LogP contribution in [0.1, 0.15) is 44.7 Å². The minimum Gasteiger partial charge on any atom is -0.340 e. The van der Waals surface area contributed by atoms with Crippen LogP contribution in [0.2, 0.25) is 0 Å². The zero-order chi connectivity index (χ0) is 16.1. The van der Waals surface area contributed by atoms with Gasteiger partial charge in [0.2, 0.25) is 0 Å². The van der Waals surface area contributed by atoms with Gasteiger partial charge in [-0.3, -0.25) is 4.90 Å². The third-order valence-electron chi connectivity index (χ3n) is 4.43. The molecule has 1 atom stereocenters. The van der Waals surface area contributed by atoms with Crippen LogP contribution in [0.25, 0.3) is 0 Å². The first-order valence-corrected chi connectivity index (χ1v) is 8.74. The number of nitrogens with zero attached hydrogens (tertiary/aromatic N) is 2. The summed E-state index contributed by atoms with van der Waals surface area (Å²) >= 11 is 0. The topological polar surface area (TPSA) is 28.2 Å². The minimum atomic E-state index is 0.532. The lowest BCUT2D eigenvalue weighted by Crippen LogP contribution is -2.36. The molecular formula is C20H27N3. The molecule has 3 nitrogen and oxygen atoms in total. The Labute approximate surface area is 139 Å². The molecule has 1 N–H and O–H groups in total. The molecule has 3 heteroatoms. The molecule has 1 aliphatic rings. The molecule has 0 bridgehead atoms. The lowest BCUT2D eigenvalue weighted by atomic mass is 9.95. The Hall–Kier alpha value is -1.87. The highest BCUT2D eigenvalue weighted by Crippen LogP contribution is 2.31. The molecule has 1 aliphatic heterocycles. The normalized spacial score (nSPS) is 19.0. The van der Waals surface area contributed by atoms with Crippen LogP contribution in [0, 0.1) is 5.92 Å². The first kappa shape index (κ1) is 16.0. The van der Waals surface area contributed by atoms with Crippen molar-refractivity contribution in [3.63, 3.8) is 0 Å². The van der Waals surface area contributed by atoms with Gasteiger partial charge in [-0.2, -0.15) is 0 Å². The highest BCUT2D eigenvalue weighted by molar-refractivity contribution is 5.55. The van der Waals surface area contributed by atoms with E-state index in [2.05, 4.69) is 59.5 Å². The van der Waals surface area contributed by atoms with E-state index in [1.807, 2.05) is 18.2 Å². The fourth-order valence-corrected chi connectivity index (χ4v) is 3.40. The van der Waals surface area contributed by atoms with Crippen LogP contribution >= 0.6 is 0 Å². The average Bonchev–Trinajstić information content (AvgIpc) is 2.57. The SMILES string of the molecule is CC(C)CN1CCCC[C@H]1c1ccc(Nc2ccccc2)nc1. The smallest absolute Gasteiger partial charge is 0.130 e.